The Bertz CT molecular complexity index is 645. The molecule has 5 heteroatoms. The second-order valence-electron chi connectivity index (χ2n) is 4.92. The predicted molar refractivity (Wildman–Crippen MR) is 77.1 cm³/mol. The first kappa shape index (κ1) is 12.7. The fraction of sp³-hybridized carbons (Fsp3) is 0.333. The molecule has 0 unspecified atom stereocenters. The summed E-state index contributed by atoms with van der Waals surface area (Å²) in [6.45, 7) is 0.570. The summed E-state index contributed by atoms with van der Waals surface area (Å²) < 4.78 is 6.88. The Labute approximate surface area is 117 Å². The molecule has 1 saturated carbocycles. The Morgan fingerprint density at radius 2 is 2.10 bits per heavy atom. The van der Waals surface area contributed by atoms with Gasteiger partial charge in [0.25, 0.3) is 5.56 Å². The van der Waals surface area contributed by atoms with Gasteiger partial charge >= 0.3 is 0 Å². The molecule has 0 radical (unpaired) electrons. The quantitative estimate of drug-likeness (QED) is 0.905. The van der Waals surface area contributed by atoms with Crippen LogP contribution in [0.1, 0.15) is 24.4 Å². The molecular formula is C15H17N3O2. The van der Waals surface area contributed by atoms with E-state index in [4.69, 9.17) is 4.74 Å². The lowest BCUT2D eigenvalue weighted by atomic mass is 10.2. The van der Waals surface area contributed by atoms with Crippen molar-refractivity contribution >= 4 is 5.82 Å². The van der Waals surface area contributed by atoms with Crippen molar-refractivity contribution in [2.75, 3.05) is 12.4 Å². The number of hydrogen-bond acceptors (Lipinski definition) is 4. The van der Waals surface area contributed by atoms with Crippen molar-refractivity contribution in [2.45, 2.75) is 25.4 Å². The minimum absolute atomic E-state index is 0.0384. The van der Waals surface area contributed by atoms with Crippen molar-refractivity contribution < 1.29 is 4.74 Å². The number of rotatable bonds is 5. The van der Waals surface area contributed by atoms with Crippen molar-refractivity contribution in [3.8, 4) is 5.75 Å². The molecule has 2 aromatic rings. The SMILES string of the molecule is COc1ccc(CNc2nccn(C3CC3)c2=O)cc1. The monoisotopic (exact) mass is 271 g/mol. The van der Waals surface area contributed by atoms with Crippen LogP contribution in [0.4, 0.5) is 5.82 Å². The van der Waals surface area contributed by atoms with Crippen LogP contribution in [0, 0.1) is 0 Å². The molecule has 1 aromatic heterocycles. The number of anilines is 1. The Morgan fingerprint density at radius 1 is 1.35 bits per heavy atom. The molecule has 0 aliphatic heterocycles. The number of benzene rings is 1. The highest BCUT2D eigenvalue weighted by atomic mass is 16.5. The molecule has 1 aliphatic rings. The molecule has 5 nitrogen and oxygen atoms in total. The summed E-state index contributed by atoms with van der Waals surface area (Å²) in [7, 11) is 1.64. The molecule has 0 bridgehead atoms. The third kappa shape index (κ3) is 2.66. The van der Waals surface area contributed by atoms with Gasteiger partial charge in [0.1, 0.15) is 5.75 Å². The molecule has 3 rings (SSSR count). The normalized spacial score (nSPS) is 14.1. The third-order valence-corrected chi connectivity index (χ3v) is 3.43. The van der Waals surface area contributed by atoms with E-state index < -0.39 is 0 Å². The number of hydrogen-bond donors (Lipinski definition) is 1. The minimum atomic E-state index is -0.0384. The molecule has 0 saturated heterocycles. The molecule has 1 aromatic carbocycles. The fourth-order valence-electron chi connectivity index (χ4n) is 2.12. The first-order valence-corrected chi connectivity index (χ1v) is 6.72. The highest BCUT2D eigenvalue weighted by Gasteiger charge is 2.25. The molecule has 0 spiro atoms. The number of nitrogens with zero attached hydrogens (tertiary/aromatic N) is 2. The maximum Gasteiger partial charge on any atom is 0.293 e. The van der Waals surface area contributed by atoms with Gasteiger partial charge in [-0.1, -0.05) is 12.1 Å². The lowest BCUT2D eigenvalue weighted by molar-refractivity contribution is 0.414. The van der Waals surface area contributed by atoms with Crippen LogP contribution in [0.15, 0.2) is 41.5 Å². The van der Waals surface area contributed by atoms with Gasteiger partial charge in [-0.05, 0) is 30.5 Å². The fourth-order valence-corrected chi connectivity index (χ4v) is 2.12. The van der Waals surface area contributed by atoms with E-state index in [0.29, 0.717) is 18.4 Å². The van der Waals surface area contributed by atoms with E-state index in [0.717, 1.165) is 24.2 Å². The van der Waals surface area contributed by atoms with E-state index in [1.807, 2.05) is 24.3 Å². The predicted octanol–water partition coefficient (Wildman–Crippen LogP) is 2.20. The van der Waals surface area contributed by atoms with Crippen molar-refractivity contribution in [3.63, 3.8) is 0 Å². The van der Waals surface area contributed by atoms with Gasteiger partial charge in [0.2, 0.25) is 0 Å². The van der Waals surface area contributed by atoms with Crippen LogP contribution >= 0.6 is 0 Å². The summed E-state index contributed by atoms with van der Waals surface area (Å²) in [5, 5.41) is 3.10. The van der Waals surface area contributed by atoms with Gasteiger partial charge < -0.3 is 14.6 Å². The van der Waals surface area contributed by atoms with Crippen LogP contribution in [-0.2, 0) is 6.54 Å². The maximum absolute atomic E-state index is 12.2. The lowest BCUT2D eigenvalue weighted by Gasteiger charge is -2.08. The lowest BCUT2D eigenvalue weighted by Crippen LogP contribution is -2.23. The molecular weight excluding hydrogens is 254 g/mol. The minimum Gasteiger partial charge on any atom is -0.497 e. The van der Waals surface area contributed by atoms with Crippen molar-refractivity contribution in [1.82, 2.24) is 9.55 Å². The van der Waals surface area contributed by atoms with Crippen molar-refractivity contribution in [2.24, 2.45) is 0 Å². The molecule has 1 aliphatic carbocycles. The summed E-state index contributed by atoms with van der Waals surface area (Å²) in [5.41, 5.74) is 1.04. The van der Waals surface area contributed by atoms with Crippen LogP contribution in [0.5, 0.6) is 5.75 Å². The molecule has 1 N–H and O–H groups in total. The topological polar surface area (TPSA) is 56.1 Å². The van der Waals surface area contributed by atoms with E-state index in [1.165, 1.54) is 0 Å². The van der Waals surface area contributed by atoms with Gasteiger partial charge in [0.15, 0.2) is 5.82 Å². The average Bonchev–Trinajstić information content (AvgIpc) is 3.31. The summed E-state index contributed by atoms with van der Waals surface area (Å²) in [4.78, 5) is 16.3. The summed E-state index contributed by atoms with van der Waals surface area (Å²) >= 11 is 0. The maximum atomic E-state index is 12.2. The average molecular weight is 271 g/mol. The highest BCUT2D eigenvalue weighted by Crippen LogP contribution is 2.33. The van der Waals surface area contributed by atoms with Crippen LogP contribution in [0.3, 0.4) is 0 Å². The second-order valence-corrected chi connectivity index (χ2v) is 4.92. The third-order valence-electron chi connectivity index (χ3n) is 3.43. The second kappa shape index (κ2) is 5.36. The Hall–Kier alpha value is -2.30. The van der Waals surface area contributed by atoms with Gasteiger partial charge in [-0.25, -0.2) is 4.98 Å². The van der Waals surface area contributed by atoms with Crippen molar-refractivity contribution in [1.29, 1.82) is 0 Å². The highest BCUT2D eigenvalue weighted by molar-refractivity contribution is 5.34. The van der Waals surface area contributed by atoms with E-state index in [2.05, 4.69) is 10.3 Å². The number of ether oxygens (including phenoxy) is 1. The number of nitrogens with one attached hydrogen (secondary N) is 1. The largest absolute Gasteiger partial charge is 0.497 e. The van der Waals surface area contributed by atoms with Crippen LogP contribution in [-0.4, -0.2) is 16.7 Å². The zero-order valence-electron chi connectivity index (χ0n) is 11.4. The van der Waals surface area contributed by atoms with Gasteiger partial charge in [0.05, 0.1) is 7.11 Å². The Kier molecular flexibility index (Phi) is 3.41. The van der Waals surface area contributed by atoms with Crippen LogP contribution in [0.25, 0.3) is 0 Å². The summed E-state index contributed by atoms with van der Waals surface area (Å²) in [6.07, 6.45) is 5.61. The molecule has 0 amide bonds. The van der Waals surface area contributed by atoms with Crippen LogP contribution in [0.2, 0.25) is 0 Å². The summed E-state index contributed by atoms with van der Waals surface area (Å²) in [6, 6.07) is 8.10. The Morgan fingerprint density at radius 3 is 2.75 bits per heavy atom. The first-order chi connectivity index (χ1) is 9.78. The number of aromatic nitrogens is 2. The van der Waals surface area contributed by atoms with Gasteiger partial charge in [-0.2, -0.15) is 0 Å². The van der Waals surface area contributed by atoms with Crippen molar-refractivity contribution in [3.05, 3.63) is 52.6 Å². The molecule has 1 fully saturated rings. The van der Waals surface area contributed by atoms with E-state index in [9.17, 15) is 4.79 Å². The van der Waals surface area contributed by atoms with E-state index in [1.54, 1.807) is 24.1 Å². The first-order valence-electron chi connectivity index (χ1n) is 6.72. The van der Waals surface area contributed by atoms with Gasteiger partial charge in [-0.15, -0.1) is 0 Å². The molecule has 0 atom stereocenters. The van der Waals surface area contributed by atoms with Gasteiger partial charge in [-0.3, -0.25) is 4.79 Å². The molecule has 1 heterocycles. The number of methoxy groups -OCH3 is 1. The van der Waals surface area contributed by atoms with Crippen LogP contribution < -0.4 is 15.6 Å². The van der Waals surface area contributed by atoms with E-state index in [-0.39, 0.29) is 5.56 Å². The Balaban J connectivity index is 1.71. The zero-order valence-corrected chi connectivity index (χ0v) is 11.4. The molecule has 20 heavy (non-hydrogen) atoms. The van der Waals surface area contributed by atoms with E-state index >= 15 is 0 Å². The zero-order chi connectivity index (χ0) is 13.9. The molecule has 104 valence electrons. The smallest absolute Gasteiger partial charge is 0.293 e. The standard InChI is InChI=1S/C15H17N3O2/c1-20-13-6-2-11(3-7-13)10-17-14-15(19)18(9-8-16-14)12-4-5-12/h2-3,6-9,12H,4-5,10H2,1H3,(H,16,17). The van der Waals surface area contributed by atoms with Gasteiger partial charge in [0, 0.05) is 25.0 Å². The summed E-state index contributed by atoms with van der Waals surface area (Å²) in [5.74, 6) is 1.23.